The van der Waals surface area contributed by atoms with Crippen LogP contribution in [0.2, 0.25) is 0 Å². The molecule has 0 N–H and O–H groups in total. The van der Waals surface area contributed by atoms with Crippen LogP contribution < -0.4 is 4.74 Å². The number of alkyl halides is 4. The fourth-order valence-electron chi connectivity index (χ4n) is 2.71. The average molecular weight is 328 g/mol. The van der Waals surface area contributed by atoms with Crippen LogP contribution in [0.3, 0.4) is 0 Å². The minimum absolute atomic E-state index is 0.302. The Kier molecular flexibility index (Phi) is 5.92. The lowest BCUT2D eigenvalue weighted by atomic mass is 9.81. The van der Waals surface area contributed by atoms with Crippen molar-refractivity contribution in [3.63, 3.8) is 0 Å². The molecule has 1 saturated carbocycles. The van der Waals surface area contributed by atoms with E-state index in [1.165, 1.54) is 43.5 Å². The van der Waals surface area contributed by atoms with Gasteiger partial charge in [-0.05, 0) is 55.9 Å². The van der Waals surface area contributed by atoms with Crippen molar-refractivity contribution in [2.45, 2.75) is 51.6 Å². The minimum atomic E-state index is -4.48. The Labute approximate surface area is 134 Å². The van der Waals surface area contributed by atoms with Gasteiger partial charge < -0.3 is 4.74 Å². The van der Waals surface area contributed by atoms with E-state index in [1.807, 2.05) is 0 Å². The van der Waals surface area contributed by atoms with Gasteiger partial charge in [0.05, 0.1) is 0 Å². The molecule has 1 aliphatic rings. The number of ether oxygens (including phenoxy) is 1. The molecule has 5 heteroatoms. The summed E-state index contributed by atoms with van der Waals surface area (Å²) >= 11 is 0. The van der Waals surface area contributed by atoms with Crippen LogP contribution in [0.4, 0.5) is 17.6 Å². The molecule has 1 nitrogen and oxygen atoms in total. The molecule has 0 spiro atoms. The molecule has 0 amide bonds. The van der Waals surface area contributed by atoms with E-state index in [4.69, 9.17) is 0 Å². The number of halogens is 4. The second kappa shape index (κ2) is 7.72. The molecule has 0 unspecified atom stereocenters. The normalized spacial score (nSPS) is 21.7. The first-order valence-corrected chi connectivity index (χ1v) is 7.87. The van der Waals surface area contributed by atoms with E-state index in [0.717, 1.165) is 18.8 Å². The van der Waals surface area contributed by atoms with Crippen LogP contribution in [-0.2, 0) is 0 Å². The zero-order chi connectivity index (χ0) is 16.9. The summed E-state index contributed by atoms with van der Waals surface area (Å²) in [5.74, 6) is 7.11. The smallest absolute Gasteiger partial charge is 0.428 e. The highest BCUT2D eigenvalue weighted by molar-refractivity contribution is 5.38. The molecule has 0 bridgehead atoms. The molecule has 1 aliphatic carbocycles. The first kappa shape index (κ1) is 17.7. The van der Waals surface area contributed by atoms with Crippen LogP contribution in [0.1, 0.15) is 44.6 Å². The van der Waals surface area contributed by atoms with Crippen molar-refractivity contribution in [2.75, 3.05) is 0 Å². The van der Waals surface area contributed by atoms with E-state index in [-0.39, 0.29) is 5.75 Å². The molecule has 1 aromatic carbocycles. The third-order valence-corrected chi connectivity index (χ3v) is 4.21. The number of hydrogen-bond acceptors (Lipinski definition) is 1. The molecule has 0 heterocycles. The van der Waals surface area contributed by atoms with Gasteiger partial charge in [0.25, 0.3) is 0 Å². The van der Waals surface area contributed by atoms with Gasteiger partial charge >= 0.3 is 12.5 Å². The lowest BCUT2D eigenvalue weighted by Gasteiger charge is -2.24. The van der Waals surface area contributed by atoms with Gasteiger partial charge in [-0.1, -0.05) is 25.2 Å². The summed E-state index contributed by atoms with van der Waals surface area (Å²) in [6.07, 6.45) is -2.55. The molecule has 0 saturated heterocycles. The summed E-state index contributed by atoms with van der Waals surface area (Å²) in [5, 5.41) is 0. The van der Waals surface area contributed by atoms with E-state index in [0.29, 0.717) is 11.5 Å². The first-order valence-electron chi connectivity index (χ1n) is 7.87. The summed E-state index contributed by atoms with van der Waals surface area (Å²) in [6, 6.07) is 5.46. The van der Waals surface area contributed by atoms with Gasteiger partial charge in [-0.3, -0.25) is 0 Å². The predicted molar refractivity (Wildman–Crippen MR) is 80.6 cm³/mol. The summed E-state index contributed by atoms with van der Waals surface area (Å²) < 4.78 is 53.7. The van der Waals surface area contributed by atoms with Crippen LogP contribution in [0, 0.1) is 23.7 Å². The highest BCUT2D eigenvalue weighted by Crippen LogP contribution is 2.30. The summed E-state index contributed by atoms with van der Waals surface area (Å²) in [5.41, 5.74) is 0.662. The van der Waals surface area contributed by atoms with Crippen molar-refractivity contribution in [2.24, 2.45) is 11.8 Å². The molecule has 2 rings (SSSR count). The Morgan fingerprint density at radius 3 is 2.26 bits per heavy atom. The fourth-order valence-corrected chi connectivity index (χ4v) is 2.71. The van der Waals surface area contributed by atoms with E-state index in [9.17, 15) is 17.6 Å². The molecule has 1 aromatic rings. The second-order valence-electron chi connectivity index (χ2n) is 5.88. The number of benzene rings is 1. The van der Waals surface area contributed by atoms with Gasteiger partial charge in [0.2, 0.25) is 0 Å². The lowest BCUT2D eigenvalue weighted by molar-refractivity contribution is -0.253. The molecule has 0 atom stereocenters. The molecular weight excluding hydrogens is 308 g/mol. The van der Waals surface area contributed by atoms with Crippen molar-refractivity contribution in [3.8, 4) is 17.6 Å². The molecule has 23 heavy (non-hydrogen) atoms. The van der Waals surface area contributed by atoms with Gasteiger partial charge in [-0.2, -0.15) is 17.6 Å². The molecule has 1 fully saturated rings. The first-order chi connectivity index (χ1) is 10.9. The number of rotatable bonds is 4. The van der Waals surface area contributed by atoms with Gasteiger partial charge in [0.1, 0.15) is 5.75 Å². The van der Waals surface area contributed by atoms with Crippen LogP contribution in [0.5, 0.6) is 5.75 Å². The van der Waals surface area contributed by atoms with Crippen LogP contribution in [0.25, 0.3) is 0 Å². The van der Waals surface area contributed by atoms with Gasteiger partial charge in [-0.15, -0.1) is 0 Å². The molecule has 0 aliphatic heterocycles. The maximum atomic E-state index is 12.8. The van der Waals surface area contributed by atoms with Gasteiger partial charge in [0.15, 0.2) is 0 Å². The van der Waals surface area contributed by atoms with E-state index in [1.54, 1.807) is 0 Å². The standard InChI is InChI=1S/C18H20F4O/c1-2-13-3-5-14(6-4-13)7-8-15-9-11-16(12-10-15)23-18(21,22)17(19)20/h9-14,17H,2-6H2,1H3. The maximum Gasteiger partial charge on any atom is 0.461 e. The predicted octanol–water partition coefficient (Wildman–Crippen LogP) is 5.49. The molecule has 126 valence electrons. The second-order valence-corrected chi connectivity index (χ2v) is 5.88. The number of hydrogen-bond donors (Lipinski definition) is 0. The van der Waals surface area contributed by atoms with Gasteiger partial charge in [0, 0.05) is 11.5 Å². The van der Waals surface area contributed by atoms with Gasteiger partial charge in [-0.25, -0.2) is 0 Å². The topological polar surface area (TPSA) is 9.23 Å². The van der Waals surface area contributed by atoms with Crippen molar-refractivity contribution in [3.05, 3.63) is 29.8 Å². The third kappa shape index (κ3) is 5.16. The Hall–Kier alpha value is -1.70. The molecule has 0 aromatic heterocycles. The average Bonchev–Trinajstić information content (AvgIpc) is 2.54. The maximum absolute atomic E-state index is 12.8. The Bertz CT molecular complexity index is 549. The summed E-state index contributed by atoms with van der Waals surface area (Å²) in [6.45, 7) is 2.21. The van der Waals surface area contributed by atoms with Crippen molar-refractivity contribution in [1.29, 1.82) is 0 Å². The lowest BCUT2D eigenvalue weighted by Crippen LogP contribution is -2.33. The quantitative estimate of drug-likeness (QED) is 0.524. The zero-order valence-electron chi connectivity index (χ0n) is 13.0. The zero-order valence-corrected chi connectivity index (χ0v) is 13.0. The minimum Gasteiger partial charge on any atom is -0.428 e. The highest BCUT2D eigenvalue weighted by atomic mass is 19.3. The fraction of sp³-hybridized carbons (Fsp3) is 0.556. The summed E-state index contributed by atoms with van der Waals surface area (Å²) in [7, 11) is 0. The van der Waals surface area contributed by atoms with E-state index < -0.39 is 12.5 Å². The third-order valence-electron chi connectivity index (χ3n) is 4.21. The van der Waals surface area contributed by atoms with Crippen LogP contribution in [0.15, 0.2) is 24.3 Å². The largest absolute Gasteiger partial charge is 0.461 e. The van der Waals surface area contributed by atoms with Crippen molar-refractivity contribution < 1.29 is 22.3 Å². The highest BCUT2D eigenvalue weighted by Gasteiger charge is 2.43. The Balaban J connectivity index is 1.92. The summed E-state index contributed by atoms with van der Waals surface area (Å²) in [4.78, 5) is 0. The van der Waals surface area contributed by atoms with Crippen molar-refractivity contribution >= 4 is 0 Å². The monoisotopic (exact) mass is 328 g/mol. The SMILES string of the molecule is CCC1CCC(C#Cc2ccc(OC(F)(F)C(F)F)cc2)CC1. The van der Waals surface area contributed by atoms with Crippen LogP contribution in [-0.4, -0.2) is 12.5 Å². The Morgan fingerprint density at radius 1 is 1.13 bits per heavy atom. The van der Waals surface area contributed by atoms with E-state index in [2.05, 4.69) is 23.5 Å². The molecule has 0 radical (unpaired) electrons. The van der Waals surface area contributed by atoms with Crippen LogP contribution >= 0.6 is 0 Å². The molecular formula is C18H20F4O. The van der Waals surface area contributed by atoms with E-state index >= 15 is 0 Å². The van der Waals surface area contributed by atoms with Crippen molar-refractivity contribution in [1.82, 2.24) is 0 Å². The Morgan fingerprint density at radius 2 is 1.74 bits per heavy atom.